The minimum atomic E-state index is -2.87. The Balaban J connectivity index is 1.54. The van der Waals surface area contributed by atoms with E-state index in [9.17, 15) is 13.6 Å². The zero-order valence-electron chi connectivity index (χ0n) is 19.8. The highest BCUT2D eigenvalue weighted by Crippen LogP contribution is 2.40. The van der Waals surface area contributed by atoms with Crippen molar-refractivity contribution >= 4 is 22.1 Å². The molecule has 0 atom stereocenters. The molecular weight excluding hydrogens is 464 g/mol. The Morgan fingerprint density at radius 1 is 1.08 bits per heavy atom. The average Bonchev–Trinajstić information content (AvgIpc) is 3.66. The molecule has 7 nitrogen and oxygen atoms in total. The number of nitrogens with zero attached hydrogens (tertiary/aromatic N) is 5. The Bertz CT molecular complexity index is 1670. The van der Waals surface area contributed by atoms with Gasteiger partial charge in [0, 0.05) is 36.7 Å². The lowest BCUT2D eigenvalue weighted by Crippen LogP contribution is -2.21. The third-order valence-electron chi connectivity index (χ3n) is 6.68. The van der Waals surface area contributed by atoms with Crippen LogP contribution in [0.1, 0.15) is 41.5 Å². The van der Waals surface area contributed by atoms with E-state index in [1.54, 1.807) is 29.0 Å². The summed E-state index contributed by atoms with van der Waals surface area (Å²) >= 11 is 0. The maximum absolute atomic E-state index is 13.9. The number of fused-ring (bicyclic) bond motifs is 3. The molecule has 1 fully saturated rings. The topological polar surface area (TPSA) is 74.8 Å². The Morgan fingerprint density at radius 3 is 2.56 bits per heavy atom. The third-order valence-corrected chi connectivity index (χ3v) is 6.68. The monoisotopic (exact) mass is 487 g/mol. The molecule has 0 amide bonds. The molecule has 0 radical (unpaired) electrons. The van der Waals surface area contributed by atoms with Crippen molar-refractivity contribution in [1.82, 2.24) is 24.1 Å². The van der Waals surface area contributed by atoms with Gasteiger partial charge < -0.3 is 9.30 Å². The lowest BCUT2D eigenvalue weighted by atomic mass is 10.1. The van der Waals surface area contributed by atoms with E-state index in [2.05, 4.69) is 9.72 Å². The first-order chi connectivity index (χ1) is 17.4. The van der Waals surface area contributed by atoms with Crippen LogP contribution in [0, 0.1) is 6.92 Å². The summed E-state index contributed by atoms with van der Waals surface area (Å²) < 4.78 is 32.9. The van der Waals surface area contributed by atoms with Crippen LogP contribution < -0.4 is 10.3 Å². The van der Waals surface area contributed by atoms with Crippen LogP contribution in [0.4, 0.5) is 8.78 Å². The molecule has 1 aliphatic rings. The van der Waals surface area contributed by atoms with Gasteiger partial charge in [0.25, 0.3) is 5.56 Å². The average molecular weight is 488 g/mol. The predicted molar refractivity (Wildman–Crippen MR) is 132 cm³/mol. The molecule has 9 heteroatoms. The van der Waals surface area contributed by atoms with Gasteiger partial charge in [-0.2, -0.15) is 8.78 Å². The molecule has 0 saturated heterocycles. The molecule has 0 bridgehead atoms. The summed E-state index contributed by atoms with van der Waals surface area (Å²) in [7, 11) is 1.88. The van der Waals surface area contributed by atoms with E-state index in [0.717, 1.165) is 40.7 Å². The van der Waals surface area contributed by atoms with Gasteiger partial charge in [-0.05, 0) is 61.7 Å². The van der Waals surface area contributed by atoms with Crippen molar-refractivity contribution in [2.24, 2.45) is 7.05 Å². The number of ether oxygens (including phenoxy) is 1. The summed E-state index contributed by atoms with van der Waals surface area (Å²) in [5, 5.41) is 0.833. The standard InChI is InChI=1S/C27H23F2N5O2/c1-15-21(4-3-13-30-15)34-25-19(11-12-20(31-25)17-7-8-17)24-23(26(34)35)32-22(33(24)2)14-16-5-9-18(10-6-16)36-27(28)29/h3-6,9-13,17,27H,7-8,14H2,1-2H3. The van der Waals surface area contributed by atoms with Crippen molar-refractivity contribution < 1.29 is 13.5 Å². The second-order valence-electron chi connectivity index (χ2n) is 9.11. The SMILES string of the molecule is Cc1ncccc1-n1c(=O)c2nc(Cc3ccc(OC(F)F)cc3)n(C)c2c2ccc(C3CC3)nc21. The lowest BCUT2D eigenvalue weighted by molar-refractivity contribution is -0.0498. The molecule has 0 unspecified atom stereocenters. The molecule has 4 heterocycles. The number of benzene rings is 1. The van der Waals surface area contributed by atoms with Crippen LogP contribution in [0.5, 0.6) is 5.75 Å². The maximum Gasteiger partial charge on any atom is 0.387 e. The summed E-state index contributed by atoms with van der Waals surface area (Å²) in [4.78, 5) is 28.0. The number of imidazole rings is 1. The molecule has 0 aliphatic heterocycles. The summed E-state index contributed by atoms with van der Waals surface area (Å²) in [6.07, 6.45) is 4.33. The van der Waals surface area contributed by atoms with Crippen molar-refractivity contribution in [2.45, 2.75) is 38.7 Å². The van der Waals surface area contributed by atoms with E-state index in [1.165, 1.54) is 12.1 Å². The lowest BCUT2D eigenvalue weighted by Gasteiger charge is -2.13. The van der Waals surface area contributed by atoms with Crippen molar-refractivity contribution in [1.29, 1.82) is 0 Å². The number of hydrogen-bond acceptors (Lipinski definition) is 5. The van der Waals surface area contributed by atoms with Gasteiger partial charge in [0.1, 0.15) is 17.2 Å². The number of rotatable bonds is 6. The van der Waals surface area contributed by atoms with Crippen LogP contribution in [-0.2, 0) is 13.5 Å². The van der Waals surface area contributed by atoms with Gasteiger partial charge in [0.05, 0.1) is 16.9 Å². The Morgan fingerprint density at radius 2 is 1.86 bits per heavy atom. The van der Waals surface area contributed by atoms with Crippen LogP contribution in [0.2, 0.25) is 0 Å². The first-order valence-electron chi connectivity index (χ1n) is 11.8. The fourth-order valence-electron chi connectivity index (χ4n) is 4.69. The summed E-state index contributed by atoms with van der Waals surface area (Å²) in [6.45, 7) is -1.00. The molecular formula is C27H23F2N5O2. The smallest absolute Gasteiger partial charge is 0.387 e. The van der Waals surface area contributed by atoms with Gasteiger partial charge in [-0.25, -0.2) is 9.97 Å². The molecule has 1 aromatic carbocycles. The molecule has 6 rings (SSSR count). The van der Waals surface area contributed by atoms with E-state index in [-0.39, 0.29) is 11.3 Å². The van der Waals surface area contributed by atoms with E-state index in [0.29, 0.717) is 35.0 Å². The van der Waals surface area contributed by atoms with Crippen molar-refractivity contribution in [3.63, 3.8) is 0 Å². The zero-order valence-corrected chi connectivity index (χ0v) is 19.8. The molecule has 0 spiro atoms. The first-order valence-corrected chi connectivity index (χ1v) is 11.8. The second kappa shape index (κ2) is 8.51. The second-order valence-corrected chi connectivity index (χ2v) is 9.11. The molecule has 4 aromatic heterocycles. The first kappa shape index (κ1) is 22.3. The van der Waals surface area contributed by atoms with Crippen LogP contribution in [0.3, 0.4) is 0 Å². The Labute approximate surface area is 205 Å². The van der Waals surface area contributed by atoms with E-state index >= 15 is 0 Å². The van der Waals surface area contributed by atoms with Crippen LogP contribution in [-0.4, -0.2) is 30.7 Å². The molecule has 36 heavy (non-hydrogen) atoms. The fraction of sp³-hybridized carbons (Fsp3) is 0.259. The van der Waals surface area contributed by atoms with E-state index in [1.807, 2.05) is 36.7 Å². The van der Waals surface area contributed by atoms with Gasteiger partial charge in [-0.1, -0.05) is 12.1 Å². The fourth-order valence-corrected chi connectivity index (χ4v) is 4.69. The summed E-state index contributed by atoms with van der Waals surface area (Å²) in [6, 6.07) is 14.2. The van der Waals surface area contributed by atoms with E-state index in [4.69, 9.17) is 9.97 Å². The number of pyridine rings is 3. The quantitative estimate of drug-likeness (QED) is 0.335. The van der Waals surface area contributed by atoms with Gasteiger partial charge >= 0.3 is 6.61 Å². The largest absolute Gasteiger partial charge is 0.435 e. The van der Waals surface area contributed by atoms with Crippen molar-refractivity contribution in [2.75, 3.05) is 0 Å². The number of aryl methyl sites for hydroxylation is 2. The zero-order chi connectivity index (χ0) is 25.0. The van der Waals surface area contributed by atoms with Gasteiger partial charge in [-0.3, -0.25) is 14.3 Å². The highest BCUT2D eigenvalue weighted by atomic mass is 19.3. The number of hydrogen-bond donors (Lipinski definition) is 0. The molecule has 5 aromatic rings. The normalized spacial score (nSPS) is 13.7. The van der Waals surface area contributed by atoms with Crippen LogP contribution in [0.15, 0.2) is 59.5 Å². The highest BCUT2D eigenvalue weighted by Gasteiger charge is 2.27. The Kier molecular flexibility index (Phi) is 5.28. The molecule has 182 valence electrons. The Hall–Kier alpha value is -4.14. The van der Waals surface area contributed by atoms with Gasteiger partial charge in [0.15, 0.2) is 5.52 Å². The molecule has 1 aliphatic carbocycles. The van der Waals surface area contributed by atoms with Crippen molar-refractivity contribution in [3.05, 3.63) is 87.9 Å². The predicted octanol–water partition coefficient (Wildman–Crippen LogP) is 5.05. The van der Waals surface area contributed by atoms with Crippen molar-refractivity contribution in [3.8, 4) is 11.4 Å². The minimum Gasteiger partial charge on any atom is -0.435 e. The van der Waals surface area contributed by atoms with Crippen LogP contribution in [0.25, 0.3) is 27.8 Å². The number of halogens is 2. The van der Waals surface area contributed by atoms with E-state index < -0.39 is 6.61 Å². The molecule has 0 N–H and O–H groups in total. The minimum absolute atomic E-state index is 0.0945. The number of aromatic nitrogens is 5. The van der Waals surface area contributed by atoms with Gasteiger partial charge in [-0.15, -0.1) is 0 Å². The third kappa shape index (κ3) is 3.80. The maximum atomic E-state index is 13.9. The summed E-state index contributed by atoms with van der Waals surface area (Å²) in [5.74, 6) is 1.21. The number of alkyl halides is 2. The van der Waals surface area contributed by atoms with Gasteiger partial charge in [0.2, 0.25) is 0 Å². The van der Waals surface area contributed by atoms with Crippen LogP contribution >= 0.6 is 0 Å². The summed E-state index contributed by atoms with van der Waals surface area (Å²) in [5.41, 5.74) is 4.66. The molecule has 1 saturated carbocycles. The highest BCUT2D eigenvalue weighted by molar-refractivity contribution is 6.02.